The lowest BCUT2D eigenvalue weighted by atomic mass is 9.66. The number of aliphatic hydroxyl groups is 1. The Morgan fingerprint density at radius 1 is 1.21 bits per heavy atom. The van der Waals surface area contributed by atoms with E-state index >= 15 is 0 Å². The molecule has 3 aliphatic rings. The first kappa shape index (κ1) is 24.2. The van der Waals surface area contributed by atoms with E-state index in [1.54, 1.807) is 17.0 Å². The number of ether oxygens (including phenoxy) is 1. The minimum absolute atomic E-state index is 0.198. The molecule has 4 rings (SSSR count). The summed E-state index contributed by atoms with van der Waals surface area (Å²) in [6.45, 7) is 10.2. The Morgan fingerprint density at radius 3 is 2.53 bits per heavy atom. The number of likely N-dealkylation sites (tertiary alicyclic amines) is 1. The van der Waals surface area contributed by atoms with Gasteiger partial charge in [0.25, 0.3) is 5.91 Å². The Hall–Kier alpha value is -2.94. The van der Waals surface area contributed by atoms with Crippen LogP contribution in [0.15, 0.2) is 18.2 Å². The standard InChI is InChI=1S/C25H33N3O6/c1-23(2,3)34-22(32)27-11-10-25(33,24(4,5)14-27)16-6-7-17-15(12-16)13-28(21(17)31)18-8-9-19(29)26-20(18)30/h6-7,12,18,33H,8-11,13-14H2,1-5H3,(H,26,29,30). The number of amides is 4. The van der Waals surface area contributed by atoms with Gasteiger partial charge in [-0.2, -0.15) is 0 Å². The van der Waals surface area contributed by atoms with E-state index in [-0.39, 0.29) is 24.8 Å². The SMILES string of the molecule is CC(C)(C)OC(=O)N1CCC(O)(c2ccc3c(c2)CN(C2CCC(=O)NC2=O)C3=O)C(C)(C)C1. The van der Waals surface area contributed by atoms with Crippen molar-refractivity contribution in [3.05, 3.63) is 34.9 Å². The maximum atomic E-state index is 13.0. The summed E-state index contributed by atoms with van der Waals surface area (Å²) in [5, 5.41) is 14.1. The minimum atomic E-state index is -1.22. The number of carbonyl (C=O) groups is 4. The van der Waals surface area contributed by atoms with Crippen molar-refractivity contribution in [2.75, 3.05) is 13.1 Å². The second-order valence-corrected chi connectivity index (χ2v) is 11.2. The number of nitrogens with one attached hydrogen (secondary N) is 1. The number of rotatable bonds is 2. The van der Waals surface area contributed by atoms with E-state index < -0.39 is 34.7 Å². The van der Waals surface area contributed by atoms with Crippen LogP contribution in [-0.2, 0) is 26.5 Å². The molecule has 9 nitrogen and oxygen atoms in total. The van der Waals surface area contributed by atoms with E-state index in [1.165, 1.54) is 4.90 Å². The number of piperidine rings is 2. The molecule has 3 aliphatic heterocycles. The van der Waals surface area contributed by atoms with Crippen molar-refractivity contribution in [3.8, 4) is 0 Å². The molecule has 1 aromatic carbocycles. The molecule has 9 heteroatoms. The van der Waals surface area contributed by atoms with Gasteiger partial charge < -0.3 is 19.6 Å². The third kappa shape index (κ3) is 4.17. The normalized spacial score (nSPS) is 26.9. The molecule has 0 aromatic heterocycles. The summed E-state index contributed by atoms with van der Waals surface area (Å²) < 4.78 is 5.51. The molecule has 0 saturated carbocycles. The first-order chi connectivity index (χ1) is 15.7. The van der Waals surface area contributed by atoms with Gasteiger partial charge in [-0.05, 0) is 50.8 Å². The van der Waals surface area contributed by atoms with Gasteiger partial charge in [0.05, 0.1) is 5.60 Å². The van der Waals surface area contributed by atoms with Gasteiger partial charge in [-0.3, -0.25) is 19.7 Å². The number of imide groups is 1. The van der Waals surface area contributed by atoms with Crippen LogP contribution in [-0.4, -0.2) is 63.5 Å². The fourth-order valence-corrected chi connectivity index (χ4v) is 5.17. The molecule has 0 spiro atoms. The number of benzene rings is 1. The lowest BCUT2D eigenvalue weighted by Gasteiger charge is -2.50. The predicted molar refractivity (Wildman–Crippen MR) is 123 cm³/mol. The minimum Gasteiger partial charge on any atom is -0.444 e. The number of hydrogen-bond donors (Lipinski definition) is 2. The summed E-state index contributed by atoms with van der Waals surface area (Å²) >= 11 is 0. The molecule has 0 radical (unpaired) electrons. The van der Waals surface area contributed by atoms with Gasteiger partial charge in [-0.25, -0.2) is 4.79 Å². The zero-order chi connectivity index (χ0) is 25.1. The van der Waals surface area contributed by atoms with Crippen LogP contribution in [0.25, 0.3) is 0 Å². The quantitative estimate of drug-likeness (QED) is 0.640. The van der Waals surface area contributed by atoms with Gasteiger partial charge in [-0.1, -0.05) is 26.0 Å². The van der Waals surface area contributed by atoms with Gasteiger partial charge in [0, 0.05) is 37.0 Å². The van der Waals surface area contributed by atoms with Crippen molar-refractivity contribution in [3.63, 3.8) is 0 Å². The molecule has 2 fully saturated rings. The highest BCUT2D eigenvalue weighted by molar-refractivity contribution is 6.05. The van der Waals surface area contributed by atoms with E-state index in [4.69, 9.17) is 4.74 Å². The highest BCUT2D eigenvalue weighted by Gasteiger charge is 2.51. The van der Waals surface area contributed by atoms with Gasteiger partial charge in [-0.15, -0.1) is 0 Å². The van der Waals surface area contributed by atoms with E-state index in [0.29, 0.717) is 37.1 Å². The first-order valence-electron chi connectivity index (χ1n) is 11.7. The average Bonchev–Trinajstić information content (AvgIpc) is 3.04. The van der Waals surface area contributed by atoms with Crippen molar-refractivity contribution < 1.29 is 29.0 Å². The largest absolute Gasteiger partial charge is 0.444 e. The van der Waals surface area contributed by atoms with Crippen LogP contribution in [0.1, 0.15) is 75.4 Å². The molecular weight excluding hydrogens is 438 g/mol. The van der Waals surface area contributed by atoms with Crippen LogP contribution >= 0.6 is 0 Å². The second-order valence-electron chi connectivity index (χ2n) is 11.2. The van der Waals surface area contributed by atoms with Crippen LogP contribution in [0, 0.1) is 5.41 Å². The zero-order valence-corrected chi connectivity index (χ0v) is 20.4. The van der Waals surface area contributed by atoms with Gasteiger partial charge in [0.2, 0.25) is 11.8 Å². The van der Waals surface area contributed by atoms with Crippen LogP contribution in [0.2, 0.25) is 0 Å². The van der Waals surface area contributed by atoms with E-state index in [0.717, 1.165) is 5.56 Å². The number of fused-ring (bicyclic) bond motifs is 1. The molecule has 34 heavy (non-hydrogen) atoms. The van der Waals surface area contributed by atoms with Crippen LogP contribution < -0.4 is 5.32 Å². The molecule has 4 amide bonds. The Balaban J connectivity index is 1.54. The third-order valence-corrected chi connectivity index (χ3v) is 7.10. The smallest absolute Gasteiger partial charge is 0.410 e. The molecule has 1 aromatic rings. The first-order valence-corrected chi connectivity index (χ1v) is 11.7. The summed E-state index contributed by atoms with van der Waals surface area (Å²) in [6.07, 6.45) is 0.420. The van der Waals surface area contributed by atoms with Gasteiger partial charge in [0.15, 0.2) is 0 Å². The molecular formula is C25H33N3O6. The predicted octanol–water partition coefficient (Wildman–Crippen LogP) is 2.30. The summed E-state index contributed by atoms with van der Waals surface area (Å²) in [5.74, 6) is -1.02. The fraction of sp³-hybridized carbons (Fsp3) is 0.600. The molecule has 3 heterocycles. The van der Waals surface area contributed by atoms with Crippen LogP contribution in [0.5, 0.6) is 0 Å². The number of carbonyl (C=O) groups excluding carboxylic acids is 4. The third-order valence-electron chi connectivity index (χ3n) is 7.10. The maximum absolute atomic E-state index is 13.0. The molecule has 0 aliphatic carbocycles. The zero-order valence-electron chi connectivity index (χ0n) is 20.4. The van der Waals surface area contributed by atoms with Crippen LogP contribution in [0.3, 0.4) is 0 Å². The number of hydrogen-bond acceptors (Lipinski definition) is 6. The Bertz CT molecular complexity index is 1060. The highest BCUT2D eigenvalue weighted by Crippen LogP contribution is 2.47. The average molecular weight is 472 g/mol. The fourth-order valence-electron chi connectivity index (χ4n) is 5.17. The van der Waals surface area contributed by atoms with E-state index in [2.05, 4.69) is 5.32 Å². The number of nitrogens with zero attached hydrogens (tertiary/aromatic N) is 2. The second kappa shape index (κ2) is 8.08. The highest BCUT2D eigenvalue weighted by atomic mass is 16.6. The summed E-state index contributed by atoms with van der Waals surface area (Å²) in [4.78, 5) is 52.5. The molecule has 2 unspecified atom stereocenters. The molecule has 184 valence electrons. The Kier molecular flexibility index (Phi) is 5.75. The Morgan fingerprint density at radius 2 is 1.91 bits per heavy atom. The summed E-state index contributed by atoms with van der Waals surface area (Å²) in [5.41, 5.74) is -0.575. The van der Waals surface area contributed by atoms with Gasteiger partial charge >= 0.3 is 6.09 Å². The molecule has 2 saturated heterocycles. The van der Waals surface area contributed by atoms with Crippen molar-refractivity contribution in [1.82, 2.24) is 15.1 Å². The van der Waals surface area contributed by atoms with Crippen molar-refractivity contribution in [2.45, 2.75) is 77.7 Å². The van der Waals surface area contributed by atoms with Gasteiger partial charge in [0.1, 0.15) is 11.6 Å². The monoisotopic (exact) mass is 471 g/mol. The van der Waals surface area contributed by atoms with Crippen molar-refractivity contribution in [2.24, 2.45) is 5.41 Å². The Labute approximate surface area is 199 Å². The molecule has 2 N–H and O–H groups in total. The molecule has 0 bridgehead atoms. The van der Waals surface area contributed by atoms with Crippen molar-refractivity contribution in [1.29, 1.82) is 0 Å². The lowest BCUT2D eigenvalue weighted by molar-refractivity contribution is -0.137. The van der Waals surface area contributed by atoms with E-state index in [9.17, 15) is 24.3 Å². The molecule has 2 atom stereocenters. The summed E-state index contributed by atoms with van der Waals surface area (Å²) in [6, 6.07) is 4.62. The van der Waals surface area contributed by atoms with Crippen molar-refractivity contribution >= 4 is 23.8 Å². The van der Waals surface area contributed by atoms with Crippen LogP contribution in [0.4, 0.5) is 4.79 Å². The maximum Gasteiger partial charge on any atom is 0.410 e. The topological polar surface area (TPSA) is 116 Å². The van der Waals surface area contributed by atoms with E-state index in [1.807, 2.05) is 40.7 Å². The summed E-state index contributed by atoms with van der Waals surface area (Å²) in [7, 11) is 0. The lowest BCUT2D eigenvalue weighted by Crippen LogP contribution is -2.57.